The predicted molar refractivity (Wildman–Crippen MR) is 96.8 cm³/mol. The second kappa shape index (κ2) is 5.04. The van der Waals surface area contributed by atoms with Gasteiger partial charge in [-0.1, -0.05) is 6.07 Å². The summed E-state index contributed by atoms with van der Waals surface area (Å²) in [4.78, 5) is 27.2. The number of benzene rings is 1. The second-order valence-corrected chi connectivity index (χ2v) is 9.03. The number of nitrogens with one attached hydrogen (secondary N) is 1. The number of nitrogens with zero attached hydrogens (tertiary/aromatic N) is 1. The van der Waals surface area contributed by atoms with Crippen molar-refractivity contribution in [1.82, 2.24) is 10.2 Å². The molecule has 3 aliphatic carbocycles. The van der Waals surface area contributed by atoms with Crippen molar-refractivity contribution in [2.24, 2.45) is 5.92 Å². The smallest absolute Gasteiger partial charge is 0.207 e. The zero-order valence-corrected chi connectivity index (χ0v) is 15.2. The molecule has 1 amide bonds. The normalized spacial score (nSPS) is 38.9. The molecule has 2 N–H and O–H groups in total. The van der Waals surface area contributed by atoms with Crippen LogP contribution in [0.4, 0.5) is 0 Å². The maximum absolute atomic E-state index is 12.9. The van der Waals surface area contributed by atoms with Crippen molar-refractivity contribution in [2.45, 2.75) is 61.6 Å². The topological polar surface area (TPSA) is 78.9 Å². The number of hydrogen-bond donors (Lipinski definition) is 2. The molecule has 6 rings (SSSR count). The van der Waals surface area contributed by atoms with E-state index < -0.39 is 17.1 Å². The van der Waals surface area contributed by atoms with Crippen LogP contribution in [0, 0.1) is 5.92 Å². The molecule has 27 heavy (non-hydrogen) atoms. The largest absolute Gasteiger partial charge is 0.504 e. The van der Waals surface area contributed by atoms with Gasteiger partial charge < -0.3 is 15.2 Å². The maximum Gasteiger partial charge on any atom is 0.207 e. The van der Waals surface area contributed by atoms with E-state index in [-0.39, 0.29) is 17.6 Å². The van der Waals surface area contributed by atoms with Gasteiger partial charge in [-0.2, -0.15) is 0 Å². The lowest BCUT2D eigenvalue weighted by Gasteiger charge is -2.64. The van der Waals surface area contributed by atoms with Crippen molar-refractivity contribution in [3.8, 4) is 11.5 Å². The van der Waals surface area contributed by atoms with Crippen LogP contribution in [0.5, 0.6) is 11.5 Å². The van der Waals surface area contributed by atoms with E-state index >= 15 is 0 Å². The minimum atomic E-state index is -0.605. The summed E-state index contributed by atoms with van der Waals surface area (Å²) in [6.45, 7) is 1.98. The first-order valence-electron chi connectivity index (χ1n) is 10.1. The van der Waals surface area contributed by atoms with Gasteiger partial charge in [0, 0.05) is 24.6 Å². The van der Waals surface area contributed by atoms with Gasteiger partial charge in [0.05, 0.1) is 11.0 Å². The molecule has 2 aliphatic heterocycles. The Kier molecular flexibility index (Phi) is 2.97. The number of likely N-dealkylation sites (tertiary alicyclic amines) is 1. The van der Waals surface area contributed by atoms with Crippen molar-refractivity contribution < 1.29 is 19.4 Å². The van der Waals surface area contributed by atoms with Gasteiger partial charge in [0.1, 0.15) is 0 Å². The van der Waals surface area contributed by atoms with Crippen LogP contribution in [0.15, 0.2) is 12.1 Å². The SMILES string of the molecule is O=CN[C@@]12CCC(=O)[C@@H]3Oc4c(O)ccc5c4[C@@]31CCN(CC1CC1)[C@@H]2C5. The Bertz CT molecular complexity index is 866. The highest BCUT2D eigenvalue weighted by atomic mass is 16.5. The summed E-state index contributed by atoms with van der Waals surface area (Å²) in [5.74, 6) is 1.43. The van der Waals surface area contributed by atoms with Crippen LogP contribution in [-0.4, -0.2) is 53.0 Å². The number of ether oxygens (including phenoxy) is 1. The third-order valence-electron chi connectivity index (χ3n) is 7.93. The molecule has 0 unspecified atom stereocenters. The summed E-state index contributed by atoms with van der Waals surface area (Å²) in [6.07, 6.45) is 5.44. The van der Waals surface area contributed by atoms with E-state index in [2.05, 4.69) is 10.2 Å². The van der Waals surface area contributed by atoms with Crippen LogP contribution in [0.1, 0.15) is 43.2 Å². The van der Waals surface area contributed by atoms with Crippen LogP contribution >= 0.6 is 0 Å². The van der Waals surface area contributed by atoms with Gasteiger partial charge in [0.15, 0.2) is 23.4 Å². The van der Waals surface area contributed by atoms with Gasteiger partial charge in [0.2, 0.25) is 6.41 Å². The number of Topliss-reactive ketones (excluding diaryl/α,β-unsaturated/α-hetero) is 1. The molecule has 0 radical (unpaired) electrons. The Labute approximate surface area is 157 Å². The number of hydrogen-bond acceptors (Lipinski definition) is 5. The van der Waals surface area contributed by atoms with Crippen molar-refractivity contribution in [3.05, 3.63) is 23.3 Å². The number of amides is 1. The number of rotatable bonds is 4. The van der Waals surface area contributed by atoms with Gasteiger partial charge in [0.25, 0.3) is 0 Å². The molecule has 6 heteroatoms. The first kappa shape index (κ1) is 15.9. The molecule has 2 bridgehead atoms. The third-order valence-corrected chi connectivity index (χ3v) is 7.93. The molecule has 2 saturated carbocycles. The lowest BCUT2D eigenvalue weighted by Crippen LogP contribution is -2.81. The van der Waals surface area contributed by atoms with E-state index in [1.165, 1.54) is 12.8 Å². The number of carbonyl (C=O) groups excluding carboxylic acids is 2. The fourth-order valence-electron chi connectivity index (χ4n) is 6.71. The molecule has 142 valence electrons. The van der Waals surface area contributed by atoms with Gasteiger partial charge in [-0.15, -0.1) is 0 Å². The molecule has 3 fully saturated rings. The standard InChI is InChI=1S/C21H24N2O4/c24-11-22-21-6-5-15(26)19-20(21)7-8-23(10-12-1-2-12)16(21)9-13-3-4-14(25)18(27-19)17(13)20/h3-4,11-12,16,19,25H,1-2,5-10H2,(H,22,24)/t16-,19+,20+,21-/m1/s1. The highest BCUT2D eigenvalue weighted by molar-refractivity contribution is 5.90. The molecule has 1 spiro atoms. The fourth-order valence-corrected chi connectivity index (χ4v) is 6.71. The molecular weight excluding hydrogens is 344 g/mol. The van der Waals surface area contributed by atoms with Crippen LogP contribution in [0.2, 0.25) is 0 Å². The quantitative estimate of drug-likeness (QED) is 0.783. The van der Waals surface area contributed by atoms with E-state index in [1.807, 2.05) is 6.07 Å². The maximum atomic E-state index is 12.9. The zero-order chi connectivity index (χ0) is 18.4. The number of carbonyl (C=O) groups is 2. The summed E-state index contributed by atoms with van der Waals surface area (Å²) in [7, 11) is 0. The lowest BCUT2D eigenvalue weighted by atomic mass is 9.47. The summed E-state index contributed by atoms with van der Waals surface area (Å²) in [6, 6.07) is 3.84. The van der Waals surface area contributed by atoms with Gasteiger partial charge >= 0.3 is 0 Å². The van der Waals surface area contributed by atoms with Gasteiger partial charge in [-0.25, -0.2) is 0 Å². The number of phenols is 1. The molecule has 1 saturated heterocycles. The van der Waals surface area contributed by atoms with Crippen molar-refractivity contribution >= 4 is 12.2 Å². The van der Waals surface area contributed by atoms with Crippen LogP contribution in [0.3, 0.4) is 0 Å². The van der Waals surface area contributed by atoms with Crippen LogP contribution < -0.4 is 10.1 Å². The van der Waals surface area contributed by atoms with E-state index in [4.69, 9.17) is 4.74 Å². The van der Waals surface area contributed by atoms with Crippen molar-refractivity contribution in [1.29, 1.82) is 0 Å². The molecule has 6 nitrogen and oxygen atoms in total. The lowest BCUT2D eigenvalue weighted by molar-refractivity contribution is -0.147. The van der Waals surface area contributed by atoms with E-state index in [0.29, 0.717) is 18.6 Å². The molecule has 1 aromatic carbocycles. The first-order valence-corrected chi connectivity index (χ1v) is 10.1. The monoisotopic (exact) mass is 368 g/mol. The number of aromatic hydroxyl groups is 1. The summed E-state index contributed by atoms with van der Waals surface area (Å²) < 4.78 is 6.15. The Morgan fingerprint density at radius 2 is 2.19 bits per heavy atom. The summed E-state index contributed by atoms with van der Waals surface area (Å²) in [5, 5.41) is 13.7. The van der Waals surface area contributed by atoms with E-state index in [9.17, 15) is 14.7 Å². The highest BCUT2D eigenvalue weighted by Gasteiger charge is 2.73. The van der Waals surface area contributed by atoms with E-state index in [0.717, 1.165) is 49.4 Å². The minimum absolute atomic E-state index is 0.0937. The summed E-state index contributed by atoms with van der Waals surface area (Å²) in [5.41, 5.74) is 1.08. The van der Waals surface area contributed by atoms with E-state index in [1.54, 1.807) is 6.07 Å². The molecule has 2 heterocycles. The molecule has 4 atom stereocenters. The Balaban J connectivity index is 1.60. The molecular formula is C21H24N2O4. The Morgan fingerprint density at radius 3 is 2.96 bits per heavy atom. The van der Waals surface area contributed by atoms with Crippen molar-refractivity contribution in [2.75, 3.05) is 13.1 Å². The number of phenolic OH excluding ortho intramolecular Hbond substituents is 1. The predicted octanol–water partition coefficient (Wildman–Crippen LogP) is 1.28. The molecule has 0 aromatic heterocycles. The third kappa shape index (κ3) is 1.76. The highest BCUT2D eigenvalue weighted by Crippen LogP contribution is 2.64. The summed E-state index contributed by atoms with van der Waals surface area (Å²) >= 11 is 0. The van der Waals surface area contributed by atoms with Crippen LogP contribution in [-0.2, 0) is 21.4 Å². The Hall–Kier alpha value is -2.08. The molecule has 5 aliphatic rings. The number of piperidine rings is 1. The molecule has 1 aromatic rings. The average Bonchev–Trinajstić information content (AvgIpc) is 3.39. The fraction of sp³-hybridized carbons (Fsp3) is 0.619. The number of ketones is 1. The van der Waals surface area contributed by atoms with Gasteiger partial charge in [-0.05, 0) is 56.2 Å². The Morgan fingerprint density at radius 1 is 1.33 bits per heavy atom. The minimum Gasteiger partial charge on any atom is -0.504 e. The zero-order valence-electron chi connectivity index (χ0n) is 15.2. The average molecular weight is 368 g/mol. The van der Waals surface area contributed by atoms with Gasteiger partial charge in [-0.3, -0.25) is 14.5 Å². The first-order chi connectivity index (χ1) is 13.1. The van der Waals surface area contributed by atoms with Crippen molar-refractivity contribution in [3.63, 3.8) is 0 Å². The second-order valence-electron chi connectivity index (χ2n) is 9.03. The van der Waals surface area contributed by atoms with Crippen LogP contribution in [0.25, 0.3) is 0 Å².